The maximum atomic E-state index is 12.0. The molecule has 3 rings (SSSR count). The number of hydrogen-bond acceptors (Lipinski definition) is 4. The van der Waals surface area contributed by atoms with Gasteiger partial charge in [-0.1, -0.05) is 12.1 Å². The monoisotopic (exact) mass is 270 g/mol. The quantitative estimate of drug-likeness (QED) is 0.795. The van der Waals surface area contributed by atoms with Crippen LogP contribution in [-0.4, -0.2) is 20.7 Å². The molecule has 0 spiro atoms. The van der Waals surface area contributed by atoms with E-state index in [9.17, 15) is 4.79 Å². The largest absolute Gasteiger partial charge is 0.320 e. The van der Waals surface area contributed by atoms with Gasteiger partial charge in [-0.05, 0) is 23.6 Å². The molecule has 19 heavy (non-hydrogen) atoms. The second-order valence-corrected chi connectivity index (χ2v) is 4.60. The van der Waals surface area contributed by atoms with E-state index in [0.717, 1.165) is 5.69 Å². The molecule has 0 unspecified atom stereocenters. The summed E-state index contributed by atoms with van der Waals surface area (Å²) < 4.78 is 1.61. The maximum Gasteiger partial charge on any atom is 0.256 e. The van der Waals surface area contributed by atoms with E-state index in [1.165, 1.54) is 17.7 Å². The first-order chi connectivity index (χ1) is 9.34. The van der Waals surface area contributed by atoms with Gasteiger partial charge in [0.05, 0.1) is 16.9 Å². The standard InChI is InChI=1S/C13H10N4OS/c18-13(10-5-6-19-7-10)16-11-3-1-2-4-12(11)17-9-14-8-15-17/h1-9H,(H,16,18). The highest BCUT2D eigenvalue weighted by atomic mass is 32.1. The number of amides is 1. The molecule has 1 amide bonds. The molecule has 5 nitrogen and oxygen atoms in total. The third-order valence-electron chi connectivity index (χ3n) is 2.60. The van der Waals surface area contributed by atoms with Crippen LogP contribution in [0.15, 0.2) is 53.7 Å². The molecule has 0 aliphatic heterocycles. The Morgan fingerprint density at radius 1 is 1.26 bits per heavy atom. The first-order valence-electron chi connectivity index (χ1n) is 5.62. The fourth-order valence-corrected chi connectivity index (χ4v) is 2.34. The zero-order valence-corrected chi connectivity index (χ0v) is 10.7. The Morgan fingerprint density at radius 3 is 2.89 bits per heavy atom. The Hall–Kier alpha value is -2.47. The molecule has 1 aromatic carbocycles. The number of nitrogens with one attached hydrogen (secondary N) is 1. The van der Waals surface area contributed by atoms with E-state index in [2.05, 4.69) is 15.4 Å². The molecule has 2 aromatic heterocycles. The Kier molecular flexibility index (Phi) is 3.07. The van der Waals surface area contributed by atoms with Crippen LogP contribution in [0.4, 0.5) is 5.69 Å². The van der Waals surface area contributed by atoms with Gasteiger partial charge in [0.25, 0.3) is 5.91 Å². The predicted octanol–water partition coefficient (Wildman–Crippen LogP) is 2.58. The number of carbonyl (C=O) groups is 1. The van der Waals surface area contributed by atoms with Crippen LogP contribution in [0, 0.1) is 0 Å². The fraction of sp³-hybridized carbons (Fsp3) is 0. The van der Waals surface area contributed by atoms with Gasteiger partial charge in [-0.15, -0.1) is 0 Å². The molecular weight excluding hydrogens is 260 g/mol. The van der Waals surface area contributed by atoms with Crippen LogP contribution in [0.2, 0.25) is 0 Å². The summed E-state index contributed by atoms with van der Waals surface area (Å²) in [4.78, 5) is 16.0. The number of para-hydroxylation sites is 2. The minimum Gasteiger partial charge on any atom is -0.320 e. The number of rotatable bonds is 3. The van der Waals surface area contributed by atoms with Gasteiger partial charge in [0, 0.05) is 5.38 Å². The molecular formula is C13H10N4OS. The van der Waals surface area contributed by atoms with Crippen molar-refractivity contribution in [1.29, 1.82) is 0 Å². The van der Waals surface area contributed by atoms with Crippen molar-refractivity contribution in [3.8, 4) is 5.69 Å². The molecule has 3 aromatic rings. The van der Waals surface area contributed by atoms with E-state index >= 15 is 0 Å². The van der Waals surface area contributed by atoms with Crippen molar-refractivity contribution in [2.75, 3.05) is 5.32 Å². The zero-order chi connectivity index (χ0) is 13.1. The normalized spacial score (nSPS) is 10.3. The first kappa shape index (κ1) is 11.6. The number of carbonyl (C=O) groups excluding carboxylic acids is 1. The highest BCUT2D eigenvalue weighted by Gasteiger charge is 2.10. The van der Waals surface area contributed by atoms with Crippen LogP contribution in [0.25, 0.3) is 5.69 Å². The van der Waals surface area contributed by atoms with Crippen LogP contribution in [-0.2, 0) is 0 Å². The van der Waals surface area contributed by atoms with Gasteiger partial charge in [-0.2, -0.15) is 16.4 Å². The molecule has 0 atom stereocenters. The van der Waals surface area contributed by atoms with Gasteiger partial charge in [0.1, 0.15) is 12.7 Å². The van der Waals surface area contributed by atoms with E-state index in [1.54, 1.807) is 17.1 Å². The van der Waals surface area contributed by atoms with Crippen molar-refractivity contribution >= 4 is 22.9 Å². The molecule has 2 heterocycles. The zero-order valence-electron chi connectivity index (χ0n) is 9.85. The van der Waals surface area contributed by atoms with Crippen molar-refractivity contribution in [2.24, 2.45) is 0 Å². The van der Waals surface area contributed by atoms with E-state index in [1.807, 2.05) is 35.0 Å². The van der Waals surface area contributed by atoms with Crippen LogP contribution in [0.1, 0.15) is 10.4 Å². The summed E-state index contributed by atoms with van der Waals surface area (Å²) in [6.45, 7) is 0. The number of thiophene rings is 1. The van der Waals surface area contributed by atoms with Gasteiger partial charge in [-0.25, -0.2) is 9.67 Å². The molecule has 0 aliphatic carbocycles. The van der Waals surface area contributed by atoms with E-state index < -0.39 is 0 Å². The summed E-state index contributed by atoms with van der Waals surface area (Å²) in [5, 5.41) is 10.6. The molecule has 0 saturated heterocycles. The van der Waals surface area contributed by atoms with Crippen LogP contribution in [0.3, 0.4) is 0 Å². The molecule has 94 valence electrons. The lowest BCUT2D eigenvalue weighted by Gasteiger charge is -2.09. The highest BCUT2D eigenvalue weighted by molar-refractivity contribution is 7.08. The van der Waals surface area contributed by atoms with Crippen molar-refractivity contribution in [3.63, 3.8) is 0 Å². The van der Waals surface area contributed by atoms with Crippen molar-refractivity contribution in [2.45, 2.75) is 0 Å². The Bertz CT molecular complexity index is 677. The third-order valence-corrected chi connectivity index (χ3v) is 3.28. The number of anilines is 1. The smallest absolute Gasteiger partial charge is 0.256 e. The van der Waals surface area contributed by atoms with E-state index in [4.69, 9.17) is 0 Å². The summed E-state index contributed by atoms with van der Waals surface area (Å²) in [5.74, 6) is -0.131. The lowest BCUT2D eigenvalue weighted by atomic mass is 10.2. The average molecular weight is 270 g/mol. The van der Waals surface area contributed by atoms with Gasteiger partial charge >= 0.3 is 0 Å². The van der Waals surface area contributed by atoms with Gasteiger partial charge in [0.15, 0.2) is 0 Å². The summed E-state index contributed by atoms with van der Waals surface area (Å²) in [6.07, 6.45) is 3.05. The average Bonchev–Trinajstić information content (AvgIpc) is 3.13. The summed E-state index contributed by atoms with van der Waals surface area (Å²) >= 11 is 1.49. The Balaban J connectivity index is 1.92. The predicted molar refractivity (Wildman–Crippen MR) is 73.6 cm³/mol. The maximum absolute atomic E-state index is 12.0. The Morgan fingerprint density at radius 2 is 2.16 bits per heavy atom. The van der Waals surface area contributed by atoms with Crippen LogP contribution >= 0.6 is 11.3 Å². The lowest BCUT2D eigenvalue weighted by molar-refractivity contribution is 0.102. The SMILES string of the molecule is O=C(Nc1ccccc1-n1cncn1)c1ccsc1. The fourth-order valence-electron chi connectivity index (χ4n) is 1.70. The molecule has 0 bridgehead atoms. The summed E-state index contributed by atoms with van der Waals surface area (Å²) in [7, 11) is 0. The van der Waals surface area contributed by atoms with Crippen LogP contribution in [0.5, 0.6) is 0 Å². The second-order valence-electron chi connectivity index (χ2n) is 3.82. The van der Waals surface area contributed by atoms with E-state index in [-0.39, 0.29) is 5.91 Å². The van der Waals surface area contributed by atoms with Crippen molar-refractivity contribution in [1.82, 2.24) is 14.8 Å². The number of hydrogen-bond donors (Lipinski definition) is 1. The van der Waals surface area contributed by atoms with Gasteiger partial charge in [-0.3, -0.25) is 4.79 Å². The van der Waals surface area contributed by atoms with Gasteiger partial charge in [0.2, 0.25) is 0 Å². The molecule has 1 N–H and O–H groups in total. The molecule has 0 radical (unpaired) electrons. The van der Waals surface area contributed by atoms with Crippen LogP contribution < -0.4 is 5.32 Å². The second kappa shape index (κ2) is 5.03. The minimum absolute atomic E-state index is 0.131. The molecule has 0 saturated carbocycles. The summed E-state index contributed by atoms with van der Waals surface area (Å²) in [5.41, 5.74) is 2.13. The van der Waals surface area contributed by atoms with Gasteiger partial charge < -0.3 is 5.32 Å². The van der Waals surface area contributed by atoms with Crippen molar-refractivity contribution < 1.29 is 4.79 Å². The van der Waals surface area contributed by atoms with E-state index in [0.29, 0.717) is 11.3 Å². The highest BCUT2D eigenvalue weighted by Crippen LogP contribution is 2.19. The lowest BCUT2D eigenvalue weighted by Crippen LogP contribution is -2.13. The molecule has 0 aliphatic rings. The minimum atomic E-state index is -0.131. The third kappa shape index (κ3) is 2.38. The Labute approximate surface area is 113 Å². The number of benzene rings is 1. The molecule has 6 heteroatoms. The summed E-state index contributed by atoms with van der Waals surface area (Å²) in [6, 6.07) is 9.25. The molecule has 0 fully saturated rings. The number of aromatic nitrogens is 3. The first-order valence-corrected chi connectivity index (χ1v) is 6.56. The number of nitrogens with zero attached hydrogens (tertiary/aromatic N) is 3. The topological polar surface area (TPSA) is 59.8 Å². The van der Waals surface area contributed by atoms with Crippen molar-refractivity contribution in [3.05, 3.63) is 59.3 Å².